The summed E-state index contributed by atoms with van der Waals surface area (Å²) in [7, 11) is 1.33. The molecule has 1 aromatic heterocycles. The Hall–Kier alpha value is -3.68. The number of rotatable bonds is 4. The highest BCUT2D eigenvalue weighted by molar-refractivity contribution is 5.89. The van der Waals surface area contributed by atoms with Crippen molar-refractivity contribution in [2.75, 3.05) is 7.11 Å². The molecule has 0 atom stereocenters. The smallest absolute Gasteiger partial charge is 0.410 e. The van der Waals surface area contributed by atoms with Gasteiger partial charge in [0.2, 0.25) is 0 Å². The summed E-state index contributed by atoms with van der Waals surface area (Å²) in [4.78, 5) is 26.1. The highest BCUT2D eigenvalue weighted by Crippen LogP contribution is 2.35. The molecule has 0 bridgehead atoms. The van der Waals surface area contributed by atoms with Crippen molar-refractivity contribution in [3.05, 3.63) is 76.7 Å². The zero-order valence-electron chi connectivity index (χ0n) is 19.1. The van der Waals surface area contributed by atoms with Gasteiger partial charge in [0.15, 0.2) is 0 Å². The molecule has 7 nitrogen and oxygen atoms in total. The highest BCUT2D eigenvalue weighted by atomic mass is 19.1. The van der Waals surface area contributed by atoms with E-state index in [-0.39, 0.29) is 18.9 Å². The van der Waals surface area contributed by atoms with E-state index in [9.17, 15) is 14.0 Å². The van der Waals surface area contributed by atoms with Gasteiger partial charge in [-0.3, -0.25) is 9.58 Å². The van der Waals surface area contributed by atoms with Crippen LogP contribution in [0.3, 0.4) is 0 Å². The van der Waals surface area contributed by atoms with Crippen molar-refractivity contribution < 1.29 is 23.5 Å². The first-order valence-corrected chi connectivity index (χ1v) is 10.6. The second-order valence-corrected chi connectivity index (χ2v) is 8.94. The van der Waals surface area contributed by atoms with Crippen LogP contribution < -0.4 is 0 Å². The van der Waals surface area contributed by atoms with Crippen LogP contribution >= 0.6 is 0 Å². The van der Waals surface area contributed by atoms with Gasteiger partial charge in [0.25, 0.3) is 0 Å². The molecule has 1 aliphatic rings. The van der Waals surface area contributed by atoms with Crippen molar-refractivity contribution in [3.8, 4) is 11.3 Å². The summed E-state index contributed by atoms with van der Waals surface area (Å²) >= 11 is 0. The van der Waals surface area contributed by atoms with Gasteiger partial charge >= 0.3 is 12.1 Å². The Morgan fingerprint density at radius 1 is 1.09 bits per heavy atom. The summed E-state index contributed by atoms with van der Waals surface area (Å²) in [6, 6.07) is 13.5. The van der Waals surface area contributed by atoms with Crippen LogP contribution in [0.4, 0.5) is 9.18 Å². The highest BCUT2D eigenvalue weighted by Gasteiger charge is 2.33. The lowest BCUT2D eigenvalue weighted by atomic mass is 10.1. The van der Waals surface area contributed by atoms with Crippen LogP contribution in [-0.2, 0) is 29.1 Å². The van der Waals surface area contributed by atoms with Gasteiger partial charge in [0, 0.05) is 11.1 Å². The maximum atomic E-state index is 14.8. The first-order chi connectivity index (χ1) is 15.7. The molecule has 2 heterocycles. The molecule has 33 heavy (non-hydrogen) atoms. The van der Waals surface area contributed by atoms with Gasteiger partial charge in [0.05, 0.1) is 43.7 Å². The van der Waals surface area contributed by atoms with Gasteiger partial charge in [-0.25, -0.2) is 14.0 Å². The molecular weight excluding hydrogens is 425 g/mol. The number of ether oxygens (including phenoxy) is 2. The molecule has 0 fully saturated rings. The summed E-state index contributed by atoms with van der Waals surface area (Å²) in [6.07, 6.45) is -0.433. The van der Waals surface area contributed by atoms with Crippen LogP contribution in [-0.4, -0.2) is 39.5 Å². The van der Waals surface area contributed by atoms with E-state index in [0.717, 1.165) is 11.1 Å². The van der Waals surface area contributed by atoms with Crippen LogP contribution in [0.1, 0.15) is 48.0 Å². The van der Waals surface area contributed by atoms with Gasteiger partial charge in [-0.05, 0) is 50.6 Å². The normalized spacial score (nSPS) is 13.1. The quantitative estimate of drug-likeness (QED) is 0.534. The van der Waals surface area contributed by atoms with Crippen LogP contribution in [0.2, 0.25) is 0 Å². The van der Waals surface area contributed by atoms with Crippen molar-refractivity contribution in [1.29, 1.82) is 0 Å². The van der Waals surface area contributed by atoms with E-state index < -0.39 is 17.7 Å². The largest absolute Gasteiger partial charge is 0.465 e. The lowest BCUT2D eigenvalue weighted by Gasteiger charge is -2.24. The molecule has 0 radical (unpaired) electrons. The number of hydrogen-bond acceptors (Lipinski definition) is 5. The van der Waals surface area contributed by atoms with Gasteiger partial charge in [-0.1, -0.05) is 24.3 Å². The standard InChI is InChI=1S/C25H26FN3O4/c1-25(2,3)33-24(31)28-14-19-21(15-28)27-29(22(19)18-10-5-6-11-20(18)26)13-16-8-7-9-17(12-16)23(30)32-4/h5-12H,13-15H2,1-4H3. The third-order valence-electron chi connectivity index (χ3n) is 5.28. The third kappa shape index (κ3) is 4.74. The van der Waals surface area contributed by atoms with E-state index >= 15 is 0 Å². The van der Waals surface area contributed by atoms with Crippen LogP contribution in [0, 0.1) is 5.82 Å². The molecule has 3 aromatic rings. The summed E-state index contributed by atoms with van der Waals surface area (Å²) in [5, 5.41) is 4.71. The van der Waals surface area contributed by atoms with Gasteiger partial charge in [0.1, 0.15) is 11.4 Å². The molecule has 4 rings (SSSR count). The number of nitrogens with zero attached hydrogens (tertiary/aromatic N) is 3. The predicted molar refractivity (Wildman–Crippen MR) is 120 cm³/mol. The summed E-state index contributed by atoms with van der Waals surface area (Å²) in [5.74, 6) is -0.803. The second kappa shape index (κ2) is 8.69. The van der Waals surface area contributed by atoms with Gasteiger partial charge in [-0.2, -0.15) is 5.10 Å². The van der Waals surface area contributed by atoms with E-state index in [1.165, 1.54) is 13.2 Å². The number of aromatic nitrogens is 2. The molecule has 1 amide bonds. The molecular formula is C25H26FN3O4. The number of benzene rings is 2. The van der Waals surface area contributed by atoms with Crippen molar-refractivity contribution >= 4 is 12.1 Å². The summed E-state index contributed by atoms with van der Waals surface area (Å²) in [6.45, 7) is 6.32. The van der Waals surface area contributed by atoms with E-state index in [0.29, 0.717) is 29.1 Å². The number of fused-ring (bicyclic) bond motifs is 1. The average Bonchev–Trinajstić information content (AvgIpc) is 3.30. The number of amides is 1. The minimum Gasteiger partial charge on any atom is -0.465 e. The number of hydrogen-bond donors (Lipinski definition) is 0. The number of halogens is 1. The lowest BCUT2D eigenvalue weighted by Crippen LogP contribution is -2.33. The molecule has 172 valence electrons. The number of carbonyl (C=O) groups excluding carboxylic acids is 2. The Balaban J connectivity index is 1.71. The topological polar surface area (TPSA) is 73.7 Å². The fourth-order valence-corrected chi connectivity index (χ4v) is 3.88. The maximum absolute atomic E-state index is 14.8. The molecule has 0 saturated carbocycles. The molecule has 8 heteroatoms. The Morgan fingerprint density at radius 2 is 1.85 bits per heavy atom. The fourth-order valence-electron chi connectivity index (χ4n) is 3.88. The summed E-state index contributed by atoms with van der Waals surface area (Å²) in [5.41, 5.74) is 3.13. The van der Waals surface area contributed by atoms with E-state index in [1.807, 2.05) is 26.8 Å². The molecule has 0 unspecified atom stereocenters. The van der Waals surface area contributed by atoms with Crippen molar-refractivity contribution in [2.45, 2.75) is 46.0 Å². The SMILES string of the molecule is COC(=O)c1cccc(Cn2nc3c(c2-c2ccccc2F)CN(C(=O)OC(C)(C)C)C3)c1. The Labute approximate surface area is 191 Å². The molecule has 0 saturated heterocycles. The Bertz CT molecular complexity index is 1210. The van der Waals surface area contributed by atoms with E-state index in [1.54, 1.807) is 46.0 Å². The van der Waals surface area contributed by atoms with Crippen molar-refractivity contribution in [2.24, 2.45) is 0 Å². The number of esters is 1. The lowest BCUT2D eigenvalue weighted by molar-refractivity contribution is 0.0239. The molecule has 0 spiro atoms. The number of methoxy groups -OCH3 is 1. The molecule has 0 aliphatic carbocycles. The van der Waals surface area contributed by atoms with Gasteiger partial charge in [-0.15, -0.1) is 0 Å². The van der Waals surface area contributed by atoms with Crippen LogP contribution in [0.25, 0.3) is 11.3 Å². The fraction of sp³-hybridized carbons (Fsp3) is 0.320. The average molecular weight is 451 g/mol. The second-order valence-electron chi connectivity index (χ2n) is 8.94. The first-order valence-electron chi connectivity index (χ1n) is 10.6. The van der Waals surface area contributed by atoms with Gasteiger partial charge < -0.3 is 9.47 Å². The van der Waals surface area contributed by atoms with E-state index in [2.05, 4.69) is 0 Å². The third-order valence-corrected chi connectivity index (χ3v) is 5.28. The zero-order chi connectivity index (χ0) is 23.8. The number of carbonyl (C=O) groups is 2. The molecule has 0 N–H and O–H groups in total. The zero-order valence-corrected chi connectivity index (χ0v) is 19.1. The molecule has 1 aliphatic heterocycles. The molecule has 2 aromatic carbocycles. The maximum Gasteiger partial charge on any atom is 0.410 e. The minimum atomic E-state index is -0.615. The Kier molecular flexibility index (Phi) is 5.93. The monoisotopic (exact) mass is 451 g/mol. The van der Waals surface area contributed by atoms with Crippen molar-refractivity contribution in [1.82, 2.24) is 14.7 Å². The predicted octanol–water partition coefficient (Wildman–Crippen LogP) is 4.77. The van der Waals surface area contributed by atoms with Crippen LogP contribution in [0.5, 0.6) is 0 Å². The Morgan fingerprint density at radius 3 is 2.55 bits per heavy atom. The summed E-state index contributed by atoms with van der Waals surface area (Å²) < 4.78 is 26.9. The van der Waals surface area contributed by atoms with Crippen molar-refractivity contribution in [3.63, 3.8) is 0 Å². The first kappa shape index (κ1) is 22.5. The van der Waals surface area contributed by atoms with Crippen LogP contribution in [0.15, 0.2) is 48.5 Å². The minimum absolute atomic E-state index is 0.274. The van der Waals surface area contributed by atoms with E-state index in [4.69, 9.17) is 14.6 Å².